The normalized spacial score (nSPS) is 11.6. The van der Waals surface area contributed by atoms with Gasteiger partial charge < -0.3 is 5.32 Å². The summed E-state index contributed by atoms with van der Waals surface area (Å²) in [5, 5.41) is 3.07. The summed E-state index contributed by atoms with van der Waals surface area (Å²) in [5.74, 6) is -0.323. The lowest BCUT2D eigenvalue weighted by molar-refractivity contribution is 0.0939. The molecular formula is C29H26N2O2. The molecule has 164 valence electrons. The van der Waals surface area contributed by atoms with E-state index in [0.717, 1.165) is 22.4 Å². The molecule has 0 radical (unpaired) electrons. The predicted octanol–water partition coefficient (Wildman–Crippen LogP) is 6.09. The van der Waals surface area contributed by atoms with Crippen LogP contribution in [-0.4, -0.2) is 16.7 Å². The van der Waals surface area contributed by atoms with Gasteiger partial charge in [0, 0.05) is 28.6 Å². The van der Waals surface area contributed by atoms with Crippen molar-refractivity contribution in [2.45, 2.75) is 26.8 Å². The van der Waals surface area contributed by atoms with E-state index >= 15 is 0 Å². The zero-order chi connectivity index (χ0) is 23.4. The van der Waals surface area contributed by atoms with E-state index in [2.05, 4.69) is 10.3 Å². The van der Waals surface area contributed by atoms with Gasteiger partial charge in [-0.05, 0) is 61.2 Å². The summed E-state index contributed by atoms with van der Waals surface area (Å²) in [6.07, 6.45) is 1.78. The van der Waals surface area contributed by atoms with Gasteiger partial charge in [-0.15, -0.1) is 0 Å². The minimum atomic E-state index is -0.223. The van der Waals surface area contributed by atoms with Crippen molar-refractivity contribution in [3.63, 3.8) is 0 Å². The monoisotopic (exact) mass is 434 g/mol. The minimum Gasteiger partial charge on any atom is -0.345 e. The highest BCUT2D eigenvalue weighted by Crippen LogP contribution is 2.28. The van der Waals surface area contributed by atoms with E-state index in [9.17, 15) is 9.59 Å². The number of amides is 1. The summed E-state index contributed by atoms with van der Waals surface area (Å²) in [6.45, 7) is 5.69. The number of ketones is 1. The Kier molecular flexibility index (Phi) is 6.45. The summed E-state index contributed by atoms with van der Waals surface area (Å²) in [6, 6.07) is 26.3. The highest BCUT2D eigenvalue weighted by atomic mass is 16.1. The molecule has 1 N–H and O–H groups in total. The van der Waals surface area contributed by atoms with Crippen LogP contribution in [0.2, 0.25) is 0 Å². The van der Waals surface area contributed by atoms with Gasteiger partial charge in [0.1, 0.15) is 0 Å². The van der Waals surface area contributed by atoms with Crippen molar-refractivity contribution in [3.8, 4) is 11.1 Å². The highest BCUT2D eigenvalue weighted by Gasteiger charge is 2.21. The number of aryl methyl sites for hydroxylation is 1. The van der Waals surface area contributed by atoms with Crippen LogP contribution in [0.5, 0.6) is 0 Å². The van der Waals surface area contributed by atoms with E-state index in [-0.39, 0.29) is 17.7 Å². The van der Waals surface area contributed by atoms with Crippen molar-refractivity contribution in [2.24, 2.45) is 0 Å². The Morgan fingerprint density at radius 3 is 2.06 bits per heavy atom. The molecule has 0 bridgehead atoms. The van der Waals surface area contributed by atoms with Crippen LogP contribution in [0, 0.1) is 13.8 Å². The molecule has 1 amide bonds. The Labute approximate surface area is 194 Å². The zero-order valence-corrected chi connectivity index (χ0v) is 19.0. The number of pyridine rings is 1. The van der Waals surface area contributed by atoms with Gasteiger partial charge >= 0.3 is 0 Å². The molecule has 0 fully saturated rings. The lowest BCUT2D eigenvalue weighted by atomic mass is 9.90. The molecule has 0 spiro atoms. The first kappa shape index (κ1) is 22.2. The minimum absolute atomic E-state index is 0.101. The van der Waals surface area contributed by atoms with Crippen molar-refractivity contribution in [1.29, 1.82) is 0 Å². The standard InChI is InChI=1S/C29H26N2O2/c1-19-14-15-24(18-30-19)21(3)31-29(33)27-17-25(22-10-6-4-7-11-22)16-26(20(27)2)28(32)23-12-8-5-9-13-23/h4-18,21H,1-3H3,(H,31,33). The maximum atomic E-state index is 13.4. The lowest BCUT2D eigenvalue weighted by Gasteiger charge is -2.18. The smallest absolute Gasteiger partial charge is 0.252 e. The van der Waals surface area contributed by atoms with E-state index in [1.807, 2.05) is 93.6 Å². The van der Waals surface area contributed by atoms with Gasteiger partial charge in [-0.1, -0.05) is 66.7 Å². The van der Waals surface area contributed by atoms with Crippen LogP contribution in [0.15, 0.2) is 91.1 Å². The number of hydrogen-bond acceptors (Lipinski definition) is 3. The summed E-state index contributed by atoms with van der Waals surface area (Å²) in [7, 11) is 0. The number of aromatic nitrogens is 1. The molecule has 1 heterocycles. The van der Waals surface area contributed by atoms with Crippen LogP contribution in [0.4, 0.5) is 0 Å². The Bertz CT molecular complexity index is 1280. The van der Waals surface area contributed by atoms with Crippen LogP contribution in [0.3, 0.4) is 0 Å². The van der Waals surface area contributed by atoms with Crippen LogP contribution in [0.1, 0.15) is 56.1 Å². The van der Waals surface area contributed by atoms with E-state index < -0.39 is 0 Å². The molecular weight excluding hydrogens is 408 g/mol. The second-order valence-electron chi connectivity index (χ2n) is 8.19. The van der Waals surface area contributed by atoms with Crippen molar-refractivity contribution in [1.82, 2.24) is 10.3 Å². The lowest BCUT2D eigenvalue weighted by Crippen LogP contribution is -2.28. The third kappa shape index (κ3) is 4.90. The number of rotatable bonds is 6. The number of nitrogens with one attached hydrogen (secondary N) is 1. The van der Waals surface area contributed by atoms with Gasteiger partial charge in [0.05, 0.1) is 6.04 Å². The molecule has 0 saturated heterocycles. The first-order valence-corrected chi connectivity index (χ1v) is 11.0. The fourth-order valence-electron chi connectivity index (χ4n) is 3.82. The van der Waals surface area contributed by atoms with E-state index in [4.69, 9.17) is 0 Å². The molecule has 0 saturated carbocycles. The van der Waals surface area contributed by atoms with Crippen LogP contribution in [-0.2, 0) is 0 Å². The Morgan fingerprint density at radius 2 is 1.42 bits per heavy atom. The third-order valence-electron chi connectivity index (χ3n) is 5.82. The molecule has 1 unspecified atom stereocenters. The highest BCUT2D eigenvalue weighted by molar-refractivity contribution is 6.12. The maximum absolute atomic E-state index is 13.4. The molecule has 0 aliphatic carbocycles. The van der Waals surface area contributed by atoms with Gasteiger partial charge in [0.2, 0.25) is 0 Å². The van der Waals surface area contributed by atoms with E-state index in [1.165, 1.54) is 0 Å². The van der Waals surface area contributed by atoms with Crippen LogP contribution >= 0.6 is 0 Å². The predicted molar refractivity (Wildman–Crippen MR) is 131 cm³/mol. The number of carbonyl (C=O) groups excluding carboxylic acids is 2. The topological polar surface area (TPSA) is 59.1 Å². The SMILES string of the molecule is Cc1ccc(C(C)NC(=O)c2cc(-c3ccccc3)cc(C(=O)c3ccccc3)c2C)cn1. The number of benzene rings is 3. The third-order valence-corrected chi connectivity index (χ3v) is 5.82. The van der Waals surface area contributed by atoms with Gasteiger partial charge in [-0.25, -0.2) is 0 Å². The molecule has 4 rings (SSSR count). The molecule has 1 aromatic heterocycles. The van der Waals surface area contributed by atoms with E-state index in [0.29, 0.717) is 22.3 Å². The van der Waals surface area contributed by atoms with Crippen LogP contribution in [0.25, 0.3) is 11.1 Å². The maximum Gasteiger partial charge on any atom is 0.252 e. The number of carbonyl (C=O) groups is 2. The van der Waals surface area contributed by atoms with Crippen molar-refractivity contribution in [2.75, 3.05) is 0 Å². The van der Waals surface area contributed by atoms with Gasteiger partial charge in [0.15, 0.2) is 5.78 Å². The second-order valence-corrected chi connectivity index (χ2v) is 8.19. The molecule has 4 nitrogen and oxygen atoms in total. The first-order valence-electron chi connectivity index (χ1n) is 11.0. The summed E-state index contributed by atoms with van der Waals surface area (Å²) in [4.78, 5) is 31.1. The molecule has 4 heteroatoms. The molecule has 33 heavy (non-hydrogen) atoms. The number of nitrogens with zero attached hydrogens (tertiary/aromatic N) is 1. The molecule has 4 aromatic rings. The fraction of sp³-hybridized carbons (Fsp3) is 0.138. The van der Waals surface area contributed by atoms with Crippen molar-refractivity contribution < 1.29 is 9.59 Å². The molecule has 0 aliphatic heterocycles. The van der Waals surface area contributed by atoms with Crippen molar-refractivity contribution >= 4 is 11.7 Å². The summed E-state index contributed by atoms with van der Waals surface area (Å²) >= 11 is 0. The number of hydrogen-bond donors (Lipinski definition) is 1. The quantitative estimate of drug-likeness (QED) is 0.374. The van der Waals surface area contributed by atoms with Crippen molar-refractivity contribution in [3.05, 3.63) is 125 Å². The van der Waals surface area contributed by atoms with Gasteiger partial charge in [0.25, 0.3) is 5.91 Å². The first-order chi connectivity index (χ1) is 15.9. The molecule has 0 aliphatic rings. The Balaban J connectivity index is 1.75. The van der Waals surface area contributed by atoms with E-state index in [1.54, 1.807) is 18.3 Å². The fourth-order valence-corrected chi connectivity index (χ4v) is 3.82. The van der Waals surface area contributed by atoms with Crippen LogP contribution < -0.4 is 5.32 Å². The Hall–Kier alpha value is -4.05. The Morgan fingerprint density at radius 1 is 0.788 bits per heavy atom. The van der Waals surface area contributed by atoms with Gasteiger partial charge in [-0.2, -0.15) is 0 Å². The van der Waals surface area contributed by atoms with Gasteiger partial charge in [-0.3, -0.25) is 14.6 Å². The summed E-state index contributed by atoms with van der Waals surface area (Å²) < 4.78 is 0. The summed E-state index contributed by atoms with van der Waals surface area (Å²) in [5.41, 5.74) is 5.89. The molecule has 3 aromatic carbocycles. The zero-order valence-electron chi connectivity index (χ0n) is 19.0. The molecule has 1 atom stereocenters. The average molecular weight is 435 g/mol. The average Bonchev–Trinajstić information content (AvgIpc) is 2.85. The largest absolute Gasteiger partial charge is 0.345 e. The second kappa shape index (κ2) is 9.61.